The molecule has 1 aliphatic heterocycles. The predicted molar refractivity (Wildman–Crippen MR) is 94.9 cm³/mol. The van der Waals surface area contributed by atoms with Crippen molar-refractivity contribution in [2.75, 3.05) is 19.6 Å². The quantitative estimate of drug-likeness (QED) is 0.854. The molecule has 2 aromatic rings. The van der Waals surface area contributed by atoms with Gasteiger partial charge < -0.3 is 4.90 Å². The maximum Gasteiger partial charge on any atom is 0.293 e. The molecule has 2 fully saturated rings. The van der Waals surface area contributed by atoms with Crippen LogP contribution in [0.1, 0.15) is 35.4 Å². The number of hydrogen-bond acceptors (Lipinski definition) is 4. The van der Waals surface area contributed by atoms with Crippen LogP contribution < -0.4 is 0 Å². The minimum Gasteiger partial charge on any atom is -0.333 e. The molecular formula is C19H25N5O. The van der Waals surface area contributed by atoms with Crippen LogP contribution in [-0.4, -0.2) is 56.1 Å². The van der Waals surface area contributed by atoms with Crippen molar-refractivity contribution in [3.8, 4) is 0 Å². The van der Waals surface area contributed by atoms with Gasteiger partial charge in [-0.25, -0.2) is 4.98 Å². The summed E-state index contributed by atoms with van der Waals surface area (Å²) >= 11 is 0. The van der Waals surface area contributed by atoms with E-state index >= 15 is 0 Å². The Hall–Kier alpha value is -2.21. The van der Waals surface area contributed by atoms with Crippen molar-refractivity contribution in [3.63, 3.8) is 0 Å². The molecule has 1 aliphatic carbocycles. The van der Waals surface area contributed by atoms with E-state index in [0.29, 0.717) is 17.8 Å². The lowest BCUT2D eigenvalue weighted by atomic mass is 9.78. The number of nitrogens with zero attached hydrogens (tertiary/aromatic N) is 5. The van der Waals surface area contributed by atoms with E-state index in [1.165, 1.54) is 24.8 Å². The average molecular weight is 339 g/mol. The number of rotatable bonds is 4. The molecule has 1 amide bonds. The van der Waals surface area contributed by atoms with Gasteiger partial charge in [0.15, 0.2) is 0 Å². The maximum absolute atomic E-state index is 12.7. The summed E-state index contributed by atoms with van der Waals surface area (Å²) in [6, 6.07) is 11.1. The molecule has 1 unspecified atom stereocenters. The Bertz CT molecular complexity index is 724. The van der Waals surface area contributed by atoms with Crippen LogP contribution in [-0.2, 0) is 13.6 Å². The fourth-order valence-electron chi connectivity index (χ4n) is 3.90. The summed E-state index contributed by atoms with van der Waals surface area (Å²) < 4.78 is 1.59. The molecule has 0 bridgehead atoms. The summed E-state index contributed by atoms with van der Waals surface area (Å²) in [5, 5.41) is 4.18. The number of amides is 1. The molecule has 25 heavy (non-hydrogen) atoms. The molecule has 1 atom stereocenters. The van der Waals surface area contributed by atoms with Crippen LogP contribution in [0.3, 0.4) is 0 Å². The highest BCUT2D eigenvalue weighted by Gasteiger charge is 2.37. The lowest BCUT2D eigenvalue weighted by Crippen LogP contribution is -2.58. The fourth-order valence-corrected chi connectivity index (χ4v) is 3.90. The summed E-state index contributed by atoms with van der Waals surface area (Å²) in [7, 11) is 1.79. The zero-order valence-electron chi connectivity index (χ0n) is 14.7. The standard InChI is InChI=1S/C19H25N5O/c1-22-14-20-18(21-22)19(25)24-11-10-23(12-15-6-3-2-4-7-15)17(13-24)16-8-5-9-16/h2-4,6-7,14,16-17H,5,8-13H2,1H3. The number of benzene rings is 1. The van der Waals surface area contributed by atoms with Gasteiger partial charge in [0.2, 0.25) is 5.82 Å². The normalized spacial score (nSPS) is 22.0. The smallest absolute Gasteiger partial charge is 0.293 e. The molecule has 1 saturated heterocycles. The van der Waals surface area contributed by atoms with E-state index in [2.05, 4.69) is 45.3 Å². The van der Waals surface area contributed by atoms with Crippen molar-refractivity contribution in [2.24, 2.45) is 13.0 Å². The zero-order valence-corrected chi connectivity index (χ0v) is 14.7. The van der Waals surface area contributed by atoms with Gasteiger partial charge in [-0.2, -0.15) is 0 Å². The Kier molecular flexibility index (Phi) is 4.53. The number of carbonyl (C=O) groups excluding carboxylic acids is 1. The Morgan fingerprint density at radius 3 is 2.64 bits per heavy atom. The monoisotopic (exact) mass is 339 g/mol. The van der Waals surface area contributed by atoms with Gasteiger partial charge in [0.25, 0.3) is 5.91 Å². The first-order valence-electron chi connectivity index (χ1n) is 9.13. The summed E-state index contributed by atoms with van der Waals surface area (Å²) in [5.41, 5.74) is 1.35. The molecule has 1 saturated carbocycles. The van der Waals surface area contributed by atoms with Crippen molar-refractivity contribution < 1.29 is 4.79 Å². The van der Waals surface area contributed by atoms with Gasteiger partial charge in [-0.1, -0.05) is 36.8 Å². The number of hydrogen-bond donors (Lipinski definition) is 0. The summed E-state index contributed by atoms with van der Waals surface area (Å²) in [6.07, 6.45) is 5.46. The number of aryl methyl sites for hydroxylation is 1. The fraction of sp³-hybridized carbons (Fsp3) is 0.526. The van der Waals surface area contributed by atoms with E-state index in [1.54, 1.807) is 18.1 Å². The molecule has 2 heterocycles. The van der Waals surface area contributed by atoms with Crippen LogP contribution in [0.5, 0.6) is 0 Å². The topological polar surface area (TPSA) is 54.3 Å². The predicted octanol–water partition coefficient (Wildman–Crippen LogP) is 1.94. The summed E-state index contributed by atoms with van der Waals surface area (Å²) in [4.78, 5) is 21.4. The third kappa shape index (κ3) is 3.44. The molecule has 6 nitrogen and oxygen atoms in total. The van der Waals surface area contributed by atoms with Crippen molar-refractivity contribution in [2.45, 2.75) is 31.8 Å². The van der Waals surface area contributed by atoms with E-state index in [9.17, 15) is 4.79 Å². The van der Waals surface area contributed by atoms with Crippen LogP contribution >= 0.6 is 0 Å². The molecule has 132 valence electrons. The second-order valence-corrected chi connectivity index (χ2v) is 7.21. The highest BCUT2D eigenvalue weighted by atomic mass is 16.2. The largest absolute Gasteiger partial charge is 0.333 e. The van der Waals surface area contributed by atoms with Crippen molar-refractivity contribution in [3.05, 3.63) is 48.0 Å². The molecule has 2 aliphatic rings. The van der Waals surface area contributed by atoms with E-state index in [0.717, 1.165) is 26.2 Å². The highest BCUT2D eigenvalue weighted by molar-refractivity contribution is 5.90. The molecular weight excluding hydrogens is 314 g/mol. The molecule has 0 spiro atoms. The van der Waals surface area contributed by atoms with E-state index < -0.39 is 0 Å². The van der Waals surface area contributed by atoms with Crippen molar-refractivity contribution >= 4 is 5.91 Å². The van der Waals surface area contributed by atoms with Crippen molar-refractivity contribution in [1.29, 1.82) is 0 Å². The number of piperazine rings is 1. The minimum atomic E-state index is -0.0377. The molecule has 4 rings (SSSR count). The Morgan fingerprint density at radius 1 is 1.20 bits per heavy atom. The lowest BCUT2D eigenvalue weighted by Gasteiger charge is -2.47. The average Bonchev–Trinajstić information content (AvgIpc) is 3.01. The molecule has 1 aromatic carbocycles. The van der Waals surface area contributed by atoms with Gasteiger partial charge in [0.1, 0.15) is 6.33 Å². The number of aromatic nitrogens is 3. The van der Waals surface area contributed by atoms with E-state index in [1.807, 2.05) is 4.90 Å². The SMILES string of the molecule is Cn1cnc(C(=O)N2CCN(Cc3ccccc3)C(C3CCC3)C2)n1. The van der Waals surface area contributed by atoms with Gasteiger partial charge in [0, 0.05) is 39.3 Å². The Balaban J connectivity index is 1.47. The van der Waals surface area contributed by atoms with Crippen LogP contribution in [0.2, 0.25) is 0 Å². The Morgan fingerprint density at radius 2 is 2.00 bits per heavy atom. The number of carbonyl (C=O) groups is 1. The first-order valence-corrected chi connectivity index (χ1v) is 9.13. The van der Waals surface area contributed by atoms with Gasteiger partial charge >= 0.3 is 0 Å². The van der Waals surface area contributed by atoms with E-state index in [4.69, 9.17) is 0 Å². The maximum atomic E-state index is 12.7. The van der Waals surface area contributed by atoms with Gasteiger partial charge in [-0.3, -0.25) is 14.4 Å². The second-order valence-electron chi connectivity index (χ2n) is 7.21. The molecule has 0 N–H and O–H groups in total. The second kappa shape index (κ2) is 6.96. The van der Waals surface area contributed by atoms with Crippen LogP contribution in [0.15, 0.2) is 36.7 Å². The van der Waals surface area contributed by atoms with Crippen LogP contribution in [0, 0.1) is 5.92 Å². The molecule has 1 aromatic heterocycles. The van der Waals surface area contributed by atoms with Gasteiger partial charge in [-0.05, 0) is 24.3 Å². The van der Waals surface area contributed by atoms with Crippen LogP contribution in [0.25, 0.3) is 0 Å². The van der Waals surface area contributed by atoms with Crippen LogP contribution in [0.4, 0.5) is 0 Å². The van der Waals surface area contributed by atoms with Crippen molar-refractivity contribution in [1.82, 2.24) is 24.6 Å². The summed E-state index contributed by atoms with van der Waals surface area (Å²) in [6.45, 7) is 3.40. The minimum absolute atomic E-state index is 0.0377. The molecule has 6 heteroatoms. The summed E-state index contributed by atoms with van der Waals surface area (Å²) in [5.74, 6) is 0.978. The third-order valence-corrected chi connectivity index (χ3v) is 5.53. The van der Waals surface area contributed by atoms with Gasteiger partial charge in [-0.15, -0.1) is 5.10 Å². The Labute approximate surface area is 148 Å². The highest BCUT2D eigenvalue weighted by Crippen LogP contribution is 2.34. The van der Waals surface area contributed by atoms with E-state index in [-0.39, 0.29) is 5.91 Å². The first kappa shape index (κ1) is 16.3. The third-order valence-electron chi connectivity index (χ3n) is 5.53. The zero-order chi connectivity index (χ0) is 17.2. The molecule has 0 radical (unpaired) electrons. The first-order chi connectivity index (χ1) is 12.2. The lowest BCUT2D eigenvalue weighted by molar-refractivity contribution is 0.0126. The van der Waals surface area contributed by atoms with Gasteiger partial charge in [0.05, 0.1) is 0 Å².